The lowest BCUT2D eigenvalue weighted by molar-refractivity contribution is 0.0697. The van der Waals surface area contributed by atoms with Gasteiger partial charge in [0, 0.05) is 12.2 Å². The van der Waals surface area contributed by atoms with Crippen molar-refractivity contribution in [2.75, 3.05) is 18.5 Å². The lowest BCUT2D eigenvalue weighted by atomic mass is 10.1. The molecule has 5 nitrogen and oxygen atoms in total. The Kier molecular flexibility index (Phi) is 7.60. The van der Waals surface area contributed by atoms with E-state index in [1.54, 1.807) is 12.1 Å². The molecular weight excluding hydrogens is 422 g/mol. The molecule has 0 saturated heterocycles. The number of anilines is 1. The summed E-state index contributed by atoms with van der Waals surface area (Å²) in [5, 5.41) is 12.6. The number of ether oxygens (including phenoxy) is 2. The number of benzene rings is 2. The zero-order chi connectivity index (χ0) is 19.1. The second-order valence-electron chi connectivity index (χ2n) is 5.54. The first-order chi connectivity index (χ1) is 12.5. The highest BCUT2D eigenvalue weighted by Crippen LogP contribution is 2.37. The van der Waals surface area contributed by atoms with Crippen molar-refractivity contribution >= 4 is 39.2 Å². The van der Waals surface area contributed by atoms with Crippen molar-refractivity contribution in [3.05, 3.63) is 51.0 Å². The minimum Gasteiger partial charge on any atom is -0.490 e. The molecule has 2 aromatic carbocycles. The highest BCUT2D eigenvalue weighted by atomic mass is 79.9. The van der Waals surface area contributed by atoms with E-state index in [0.717, 1.165) is 16.5 Å². The summed E-state index contributed by atoms with van der Waals surface area (Å²) in [6, 6.07) is 8.69. The lowest BCUT2D eigenvalue weighted by Gasteiger charge is -2.16. The summed E-state index contributed by atoms with van der Waals surface area (Å²) in [6.45, 7) is 5.60. The molecule has 2 aromatic rings. The van der Waals surface area contributed by atoms with Gasteiger partial charge in [0.25, 0.3) is 0 Å². The van der Waals surface area contributed by atoms with Crippen LogP contribution in [0.25, 0.3) is 0 Å². The van der Waals surface area contributed by atoms with Crippen LogP contribution in [0.15, 0.2) is 34.8 Å². The molecule has 0 heterocycles. The molecule has 140 valence electrons. The topological polar surface area (TPSA) is 67.8 Å². The SMILES string of the molecule is CCCOc1c(Br)cc(CNc2ccc(Cl)c(C(=O)O)c2)cc1OCC. The number of hydrogen-bond donors (Lipinski definition) is 2. The number of carboxylic acids is 1. The van der Waals surface area contributed by atoms with Gasteiger partial charge in [-0.1, -0.05) is 18.5 Å². The zero-order valence-electron chi connectivity index (χ0n) is 14.6. The van der Waals surface area contributed by atoms with Crippen LogP contribution >= 0.6 is 27.5 Å². The Bertz CT molecular complexity index is 782. The van der Waals surface area contributed by atoms with Gasteiger partial charge in [-0.3, -0.25) is 0 Å². The van der Waals surface area contributed by atoms with Crippen LogP contribution in [0, 0.1) is 0 Å². The van der Waals surface area contributed by atoms with E-state index in [-0.39, 0.29) is 10.6 Å². The molecule has 0 unspecified atom stereocenters. The number of rotatable bonds is 9. The summed E-state index contributed by atoms with van der Waals surface area (Å²) in [7, 11) is 0. The fourth-order valence-electron chi connectivity index (χ4n) is 2.33. The molecule has 0 radical (unpaired) electrons. The van der Waals surface area contributed by atoms with Crippen molar-refractivity contribution in [3.8, 4) is 11.5 Å². The second kappa shape index (κ2) is 9.69. The van der Waals surface area contributed by atoms with E-state index in [9.17, 15) is 4.79 Å². The van der Waals surface area contributed by atoms with E-state index in [1.165, 1.54) is 6.07 Å². The standard InChI is InChI=1S/C19H21BrClNO4/c1-3-7-26-18-15(20)8-12(9-17(18)25-4-2)11-22-13-5-6-16(21)14(10-13)19(23)24/h5-6,8-10,22H,3-4,7,11H2,1-2H3,(H,23,24). The van der Waals surface area contributed by atoms with E-state index in [0.29, 0.717) is 36.9 Å². The average Bonchev–Trinajstić information content (AvgIpc) is 2.60. The number of halogens is 2. The third-order valence-corrected chi connectivity index (χ3v) is 4.43. The summed E-state index contributed by atoms with van der Waals surface area (Å²) < 4.78 is 12.3. The van der Waals surface area contributed by atoms with Gasteiger partial charge in [-0.2, -0.15) is 0 Å². The number of carboxylic acid groups (broad SMARTS) is 1. The van der Waals surface area contributed by atoms with Crippen molar-refractivity contribution in [3.63, 3.8) is 0 Å². The van der Waals surface area contributed by atoms with Gasteiger partial charge in [0.05, 0.1) is 28.3 Å². The van der Waals surface area contributed by atoms with Crippen molar-refractivity contribution < 1.29 is 19.4 Å². The minimum absolute atomic E-state index is 0.0659. The van der Waals surface area contributed by atoms with Gasteiger partial charge in [0.1, 0.15) is 0 Å². The molecule has 0 aliphatic carbocycles. The largest absolute Gasteiger partial charge is 0.490 e. The normalized spacial score (nSPS) is 10.5. The first kappa shape index (κ1) is 20.4. The molecule has 0 saturated carbocycles. The summed E-state index contributed by atoms with van der Waals surface area (Å²) >= 11 is 9.44. The van der Waals surface area contributed by atoms with Crippen LogP contribution in [0.4, 0.5) is 5.69 Å². The summed E-state index contributed by atoms with van der Waals surface area (Å²) in [5.74, 6) is 0.309. The molecule has 2 rings (SSSR count). The van der Waals surface area contributed by atoms with E-state index in [4.69, 9.17) is 26.2 Å². The molecule has 0 aromatic heterocycles. The molecule has 26 heavy (non-hydrogen) atoms. The molecule has 0 aliphatic rings. The Morgan fingerprint density at radius 1 is 1.23 bits per heavy atom. The predicted octanol–water partition coefficient (Wildman–Crippen LogP) is 5.60. The molecular formula is C19H21BrClNO4. The maximum atomic E-state index is 11.2. The summed E-state index contributed by atoms with van der Waals surface area (Å²) in [5.41, 5.74) is 1.71. The van der Waals surface area contributed by atoms with Gasteiger partial charge in [0.2, 0.25) is 0 Å². The molecule has 7 heteroatoms. The molecule has 0 atom stereocenters. The Hall–Kier alpha value is -1.92. The van der Waals surface area contributed by atoms with Crippen molar-refractivity contribution in [2.24, 2.45) is 0 Å². The third kappa shape index (κ3) is 5.29. The molecule has 0 amide bonds. The maximum absolute atomic E-state index is 11.2. The van der Waals surface area contributed by atoms with Crippen LogP contribution in [0.3, 0.4) is 0 Å². The van der Waals surface area contributed by atoms with Crippen LogP contribution in [-0.2, 0) is 6.54 Å². The van der Waals surface area contributed by atoms with Gasteiger partial charge >= 0.3 is 5.97 Å². The monoisotopic (exact) mass is 441 g/mol. The highest BCUT2D eigenvalue weighted by Gasteiger charge is 2.13. The quantitative estimate of drug-likeness (QED) is 0.529. The molecule has 0 aliphatic heterocycles. The van der Waals surface area contributed by atoms with E-state index in [1.807, 2.05) is 26.0 Å². The number of carbonyl (C=O) groups is 1. The van der Waals surface area contributed by atoms with Crippen molar-refractivity contribution in [2.45, 2.75) is 26.8 Å². The highest BCUT2D eigenvalue weighted by molar-refractivity contribution is 9.10. The van der Waals surface area contributed by atoms with Gasteiger partial charge in [-0.25, -0.2) is 4.79 Å². The Balaban J connectivity index is 2.19. The third-order valence-electron chi connectivity index (χ3n) is 3.51. The maximum Gasteiger partial charge on any atom is 0.337 e. The summed E-state index contributed by atoms with van der Waals surface area (Å²) in [6.07, 6.45) is 0.907. The first-order valence-electron chi connectivity index (χ1n) is 8.31. The van der Waals surface area contributed by atoms with E-state index < -0.39 is 5.97 Å². The second-order valence-corrected chi connectivity index (χ2v) is 6.80. The van der Waals surface area contributed by atoms with Crippen LogP contribution in [-0.4, -0.2) is 24.3 Å². The van der Waals surface area contributed by atoms with E-state index in [2.05, 4.69) is 21.2 Å². The summed E-state index contributed by atoms with van der Waals surface area (Å²) in [4.78, 5) is 11.2. The molecule has 2 N–H and O–H groups in total. The van der Waals surface area contributed by atoms with Crippen molar-refractivity contribution in [1.82, 2.24) is 0 Å². The molecule has 0 bridgehead atoms. The van der Waals surface area contributed by atoms with Gasteiger partial charge in [0.15, 0.2) is 11.5 Å². The van der Waals surface area contributed by atoms with Crippen molar-refractivity contribution in [1.29, 1.82) is 0 Å². The average molecular weight is 443 g/mol. The van der Waals surface area contributed by atoms with Gasteiger partial charge in [-0.05, 0) is 65.2 Å². The minimum atomic E-state index is -1.06. The van der Waals surface area contributed by atoms with E-state index >= 15 is 0 Å². The fourth-order valence-corrected chi connectivity index (χ4v) is 3.14. The number of aromatic carboxylic acids is 1. The predicted molar refractivity (Wildman–Crippen MR) is 107 cm³/mol. The van der Waals surface area contributed by atoms with Gasteiger partial charge < -0.3 is 19.9 Å². The van der Waals surface area contributed by atoms with Crippen LogP contribution < -0.4 is 14.8 Å². The molecule has 0 fully saturated rings. The first-order valence-corrected chi connectivity index (χ1v) is 9.48. The smallest absolute Gasteiger partial charge is 0.337 e. The number of nitrogens with one attached hydrogen (secondary N) is 1. The van der Waals surface area contributed by atoms with Crippen LogP contribution in [0.1, 0.15) is 36.2 Å². The Morgan fingerprint density at radius 2 is 2.00 bits per heavy atom. The molecule has 0 spiro atoms. The fraction of sp³-hybridized carbons (Fsp3) is 0.316. The Labute approximate surface area is 166 Å². The van der Waals surface area contributed by atoms with Crippen LogP contribution in [0.2, 0.25) is 5.02 Å². The lowest BCUT2D eigenvalue weighted by Crippen LogP contribution is -2.05. The zero-order valence-corrected chi connectivity index (χ0v) is 17.0. The number of hydrogen-bond acceptors (Lipinski definition) is 4. The van der Waals surface area contributed by atoms with Crippen LogP contribution in [0.5, 0.6) is 11.5 Å². The van der Waals surface area contributed by atoms with Gasteiger partial charge in [-0.15, -0.1) is 0 Å². The Morgan fingerprint density at radius 3 is 2.65 bits per heavy atom.